The first-order valence-corrected chi connectivity index (χ1v) is 29.2. The van der Waals surface area contributed by atoms with Crippen LogP contribution in [0.5, 0.6) is 0 Å². The molecular weight excluding hydrogens is 1000 g/mol. The first kappa shape index (κ1) is 45.3. The molecule has 0 bridgehead atoms. The lowest BCUT2D eigenvalue weighted by Gasteiger charge is -2.16. The molecule has 2 aromatic heterocycles. The highest BCUT2D eigenvalue weighted by Gasteiger charge is 2.19. The standard InChI is InChI=1S/C78H46S2/c1-2-16-47(17-3-1)56-27-13-31-70-71-32-15-29-58(78(71)80-77(56)70)55-42-53(50-35-38-65-61-22-5-4-20-59(61)60-21-6-8-24-63(60)72(65)45-50)41-54(43-55)51-36-39-67-73(46-51)64-25-9-7-23-62(64)66-37-34-49(44-74(66)67)48-18-12-19-52(40-48)57-28-14-30-69-68-26-10-11-33-75(68)79-76(57)69/h1-46H. The summed E-state index contributed by atoms with van der Waals surface area (Å²) >= 11 is 3.81. The normalized spacial score (nSPS) is 12.0. The largest absolute Gasteiger partial charge is 0.135 e. The maximum atomic E-state index is 2.46. The summed E-state index contributed by atoms with van der Waals surface area (Å²) in [5.74, 6) is 0. The zero-order valence-corrected chi connectivity index (χ0v) is 45.0. The predicted octanol–water partition coefficient (Wildman–Crippen LogP) is 23.3. The van der Waals surface area contributed by atoms with Crippen molar-refractivity contribution in [1.29, 1.82) is 0 Å². The molecule has 370 valence electrons. The molecule has 0 saturated carbocycles. The van der Waals surface area contributed by atoms with Gasteiger partial charge in [0.15, 0.2) is 0 Å². The summed E-state index contributed by atoms with van der Waals surface area (Å²) in [5.41, 5.74) is 14.7. The van der Waals surface area contributed by atoms with Crippen LogP contribution in [0.1, 0.15) is 0 Å². The van der Waals surface area contributed by atoms with Crippen LogP contribution in [-0.4, -0.2) is 0 Å². The number of rotatable bonds is 6. The Balaban J connectivity index is 0.860. The Morgan fingerprint density at radius 3 is 1.00 bits per heavy atom. The van der Waals surface area contributed by atoms with Gasteiger partial charge in [-0.05, 0) is 180 Å². The molecule has 0 atom stereocenters. The number of fused-ring (bicyclic) bond motifs is 18. The second-order valence-electron chi connectivity index (χ2n) is 21.4. The molecule has 0 aliphatic rings. The Bertz CT molecular complexity index is 5390. The Hall–Kier alpha value is -9.70. The van der Waals surface area contributed by atoms with Crippen LogP contribution in [0.15, 0.2) is 279 Å². The van der Waals surface area contributed by atoms with Crippen LogP contribution >= 0.6 is 22.7 Å². The lowest BCUT2D eigenvalue weighted by Crippen LogP contribution is -1.89. The van der Waals surface area contributed by atoms with Crippen LogP contribution in [-0.2, 0) is 0 Å². The minimum atomic E-state index is 1.19. The van der Waals surface area contributed by atoms with Crippen molar-refractivity contribution < 1.29 is 0 Å². The van der Waals surface area contributed by atoms with Crippen molar-refractivity contribution in [2.75, 3.05) is 0 Å². The van der Waals surface area contributed by atoms with Crippen molar-refractivity contribution in [1.82, 2.24) is 0 Å². The van der Waals surface area contributed by atoms with Crippen LogP contribution in [0.4, 0.5) is 0 Å². The molecule has 15 aromatic carbocycles. The molecule has 0 aliphatic heterocycles. The minimum Gasteiger partial charge on any atom is -0.135 e. The molecule has 0 fully saturated rings. The number of hydrogen-bond donors (Lipinski definition) is 0. The zero-order chi connectivity index (χ0) is 52.4. The van der Waals surface area contributed by atoms with Crippen molar-refractivity contribution in [2.24, 2.45) is 0 Å². The summed E-state index contributed by atoms with van der Waals surface area (Å²) in [6.07, 6.45) is 0. The van der Waals surface area contributed by atoms with E-state index < -0.39 is 0 Å². The topological polar surface area (TPSA) is 0 Å². The Labute approximate surface area is 470 Å². The van der Waals surface area contributed by atoms with Gasteiger partial charge >= 0.3 is 0 Å². The molecule has 0 nitrogen and oxygen atoms in total. The van der Waals surface area contributed by atoms with Crippen molar-refractivity contribution in [3.63, 3.8) is 0 Å². The van der Waals surface area contributed by atoms with E-state index in [2.05, 4.69) is 279 Å². The summed E-state index contributed by atoms with van der Waals surface area (Å²) in [6.45, 7) is 0. The summed E-state index contributed by atoms with van der Waals surface area (Å²) < 4.78 is 5.29. The molecule has 0 N–H and O–H groups in total. The first-order valence-electron chi connectivity index (χ1n) is 27.5. The van der Waals surface area contributed by atoms with E-state index in [9.17, 15) is 0 Å². The number of hydrogen-bond acceptors (Lipinski definition) is 2. The average molecular weight is 1050 g/mol. The Morgan fingerprint density at radius 2 is 0.463 bits per heavy atom. The van der Waals surface area contributed by atoms with Gasteiger partial charge in [-0.1, -0.05) is 231 Å². The molecule has 17 aromatic rings. The van der Waals surface area contributed by atoms with E-state index in [1.54, 1.807) is 0 Å². The van der Waals surface area contributed by atoms with E-state index in [1.165, 1.54) is 172 Å². The molecule has 2 heterocycles. The van der Waals surface area contributed by atoms with Gasteiger partial charge in [0.2, 0.25) is 0 Å². The molecule has 0 spiro atoms. The minimum absolute atomic E-state index is 1.19. The van der Waals surface area contributed by atoms with E-state index in [1.807, 2.05) is 22.7 Å². The fraction of sp³-hybridized carbons (Fsp3) is 0. The van der Waals surface area contributed by atoms with Gasteiger partial charge in [-0.2, -0.15) is 0 Å². The molecular formula is C78H46S2. The van der Waals surface area contributed by atoms with Gasteiger partial charge < -0.3 is 0 Å². The lowest BCUT2D eigenvalue weighted by molar-refractivity contribution is 1.61. The maximum absolute atomic E-state index is 2.46. The third kappa shape index (κ3) is 7.06. The lowest BCUT2D eigenvalue weighted by atomic mass is 9.88. The molecule has 0 unspecified atom stereocenters. The molecule has 0 saturated heterocycles. The van der Waals surface area contributed by atoms with Gasteiger partial charge in [0.25, 0.3) is 0 Å². The molecule has 0 aliphatic carbocycles. The zero-order valence-electron chi connectivity index (χ0n) is 43.4. The van der Waals surface area contributed by atoms with Gasteiger partial charge in [-0.3, -0.25) is 0 Å². The summed E-state index contributed by atoms with van der Waals surface area (Å²) in [5, 5.41) is 20.5. The summed E-state index contributed by atoms with van der Waals surface area (Å²) in [4.78, 5) is 0. The fourth-order valence-corrected chi connectivity index (χ4v) is 15.9. The molecule has 0 radical (unpaired) electrons. The summed E-state index contributed by atoms with van der Waals surface area (Å²) in [7, 11) is 0. The Morgan fingerprint density at radius 1 is 0.150 bits per heavy atom. The van der Waals surface area contributed by atoms with Crippen LogP contribution < -0.4 is 0 Å². The summed E-state index contributed by atoms with van der Waals surface area (Å²) in [6, 6.07) is 105. The third-order valence-electron chi connectivity index (χ3n) is 17.0. The van der Waals surface area contributed by atoms with Crippen molar-refractivity contribution in [3.05, 3.63) is 279 Å². The van der Waals surface area contributed by atoms with Crippen molar-refractivity contribution in [2.45, 2.75) is 0 Å². The highest BCUT2D eigenvalue weighted by Crippen LogP contribution is 2.48. The average Bonchev–Trinajstić information content (AvgIpc) is 4.15. The van der Waals surface area contributed by atoms with E-state index >= 15 is 0 Å². The van der Waals surface area contributed by atoms with Crippen LogP contribution in [0.2, 0.25) is 0 Å². The van der Waals surface area contributed by atoms with Crippen molar-refractivity contribution >= 4 is 128 Å². The van der Waals surface area contributed by atoms with Crippen LogP contribution in [0.25, 0.3) is 172 Å². The second-order valence-corrected chi connectivity index (χ2v) is 23.5. The van der Waals surface area contributed by atoms with Crippen LogP contribution in [0, 0.1) is 0 Å². The highest BCUT2D eigenvalue weighted by atomic mass is 32.1. The first-order chi connectivity index (χ1) is 39.6. The monoisotopic (exact) mass is 1050 g/mol. The molecule has 0 amide bonds. The van der Waals surface area contributed by atoms with E-state index in [-0.39, 0.29) is 0 Å². The molecule has 2 heteroatoms. The second kappa shape index (κ2) is 17.9. The maximum Gasteiger partial charge on any atom is 0.0434 e. The highest BCUT2D eigenvalue weighted by molar-refractivity contribution is 7.27. The Kier molecular flexibility index (Phi) is 10.2. The van der Waals surface area contributed by atoms with Gasteiger partial charge in [0.1, 0.15) is 0 Å². The van der Waals surface area contributed by atoms with E-state index in [0.29, 0.717) is 0 Å². The van der Waals surface area contributed by atoms with Gasteiger partial charge in [0.05, 0.1) is 0 Å². The van der Waals surface area contributed by atoms with Crippen molar-refractivity contribution in [3.8, 4) is 66.8 Å². The number of thiophene rings is 2. The van der Waals surface area contributed by atoms with Gasteiger partial charge in [-0.15, -0.1) is 22.7 Å². The van der Waals surface area contributed by atoms with E-state index in [4.69, 9.17) is 0 Å². The quantitative estimate of drug-likeness (QED) is 0.146. The van der Waals surface area contributed by atoms with Gasteiger partial charge in [-0.25, -0.2) is 0 Å². The van der Waals surface area contributed by atoms with Gasteiger partial charge in [0, 0.05) is 40.3 Å². The molecule has 17 rings (SSSR count). The third-order valence-corrected chi connectivity index (χ3v) is 19.5. The van der Waals surface area contributed by atoms with Crippen LogP contribution in [0.3, 0.4) is 0 Å². The molecule has 80 heavy (non-hydrogen) atoms. The number of benzene rings is 15. The SMILES string of the molecule is c1ccc(-c2cccc3c2sc2c(-c4cc(-c5ccc6c7ccccc7c7ccccc7c6c5)cc(-c5ccc6c7cc(-c8cccc(-c9cccc%10c9sc9ccccc9%10)c8)ccc7c7ccccc7c6c5)c4)cccc23)cc1. The smallest absolute Gasteiger partial charge is 0.0434 e. The van der Waals surface area contributed by atoms with E-state index in [0.717, 1.165) is 0 Å². The predicted molar refractivity (Wildman–Crippen MR) is 350 cm³/mol. The fourth-order valence-electron chi connectivity index (χ4n) is 13.3.